The van der Waals surface area contributed by atoms with Gasteiger partial charge in [0.05, 0.1) is 6.61 Å². The summed E-state index contributed by atoms with van der Waals surface area (Å²) < 4.78 is 0. The Morgan fingerprint density at radius 1 is 1.62 bits per heavy atom. The first kappa shape index (κ1) is 9.81. The van der Waals surface area contributed by atoms with Gasteiger partial charge in [0.15, 0.2) is 0 Å². The first-order chi connectivity index (χ1) is 6.30. The first-order valence-corrected chi connectivity index (χ1v) is 6.33. The molecule has 0 aliphatic carbocycles. The highest BCUT2D eigenvalue weighted by Crippen LogP contribution is 2.42. The van der Waals surface area contributed by atoms with Crippen molar-refractivity contribution in [2.45, 2.75) is 37.0 Å². The molecule has 0 aromatic heterocycles. The van der Waals surface area contributed by atoms with Gasteiger partial charge in [-0.25, -0.2) is 0 Å². The number of nitrogens with zero attached hydrogens (tertiary/aromatic N) is 1. The van der Waals surface area contributed by atoms with Crippen LogP contribution >= 0.6 is 11.8 Å². The van der Waals surface area contributed by atoms with E-state index in [0.717, 1.165) is 5.25 Å². The molecule has 0 spiro atoms. The molecule has 0 radical (unpaired) electrons. The fraction of sp³-hybridized carbons (Fsp3) is 1.00. The molecule has 0 saturated carbocycles. The Morgan fingerprint density at radius 2 is 2.46 bits per heavy atom. The minimum Gasteiger partial charge on any atom is -0.394 e. The minimum atomic E-state index is 0.187. The second kappa shape index (κ2) is 3.79. The molecule has 0 amide bonds. The molecule has 3 heteroatoms. The summed E-state index contributed by atoms with van der Waals surface area (Å²) in [6.07, 6.45) is 3.70. The van der Waals surface area contributed by atoms with Crippen LogP contribution in [0.2, 0.25) is 0 Å². The molecular formula is C10H19NOS. The lowest BCUT2D eigenvalue weighted by molar-refractivity contribution is 0.0999. The lowest BCUT2D eigenvalue weighted by Crippen LogP contribution is -2.41. The number of rotatable bonds is 3. The zero-order chi connectivity index (χ0) is 9.31. The van der Waals surface area contributed by atoms with E-state index in [2.05, 4.69) is 23.6 Å². The van der Waals surface area contributed by atoms with Crippen LogP contribution in [0.15, 0.2) is 0 Å². The van der Waals surface area contributed by atoms with E-state index in [9.17, 15) is 5.11 Å². The number of thioether (sulfide) groups is 1. The summed E-state index contributed by atoms with van der Waals surface area (Å²) in [5.74, 6) is 1.21. The van der Waals surface area contributed by atoms with Crippen LogP contribution in [-0.4, -0.2) is 46.2 Å². The Kier molecular flexibility index (Phi) is 2.86. The van der Waals surface area contributed by atoms with Gasteiger partial charge in [-0.3, -0.25) is 4.90 Å². The molecule has 1 N–H and O–H groups in total. The molecule has 0 aromatic carbocycles. The third-order valence-electron chi connectivity index (χ3n) is 3.47. The van der Waals surface area contributed by atoms with Crippen molar-refractivity contribution in [1.29, 1.82) is 0 Å². The highest BCUT2D eigenvalue weighted by Gasteiger charge is 2.47. The van der Waals surface area contributed by atoms with Crippen molar-refractivity contribution in [2.75, 3.05) is 25.4 Å². The van der Waals surface area contributed by atoms with Crippen LogP contribution in [0.25, 0.3) is 0 Å². The van der Waals surface area contributed by atoms with Crippen molar-refractivity contribution in [3.05, 3.63) is 0 Å². The summed E-state index contributed by atoms with van der Waals surface area (Å²) in [6.45, 7) is 5.01. The predicted molar refractivity (Wildman–Crippen MR) is 57.2 cm³/mol. The molecule has 2 atom stereocenters. The van der Waals surface area contributed by atoms with Crippen LogP contribution in [0.3, 0.4) is 0 Å². The van der Waals surface area contributed by atoms with Gasteiger partial charge in [-0.1, -0.05) is 6.92 Å². The minimum absolute atomic E-state index is 0.187. The van der Waals surface area contributed by atoms with Crippen LogP contribution in [0.5, 0.6) is 0 Å². The largest absolute Gasteiger partial charge is 0.394 e. The molecular weight excluding hydrogens is 182 g/mol. The van der Waals surface area contributed by atoms with Crippen molar-refractivity contribution < 1.29 is 5.11 Å². The molecule has 76 valence electrons. The zero-order valence-electron chi connectivity index (χ0n) is 8.33. The second-order valence-corrected chi connectivity index (χ2v) is 5.79. The summed E-state index contributed by atoms with van der Waals surface area (Å²) in [5, 5.41) is 10.2. The Labute approximate surface area is 84.7 Å². The van der Waals surface area contributed by atoms with Crippen molar-refractivity contribution in [1.82, 2.24) is 4.90 Å². The maximum atomic E-state index is 9.46. The van der Waals surface area contributed by atoms with Crippen LogP contribution in [0.4, 0.5) is 0 Å². The monoisotopic (exact) mass is 201 g/mol. The van der Waals surface area contributed by atoms with Crippen molar-refractivity contribution in [3.63, 3.8) is 0 Å². The van der Waals surface area contributed by atoms with E-state index in [0.29, 0.717) is 6.61 Å². The lowest BCUT2D eigenvalue weighted by Gasteiger charge is -2.29. The topological polar surface area (TPSA) is 23.5 Å². The highest BCUT2D eigenvalue weighted by molar-refractivity contribution is 7.99. The van der Waals surface area contributed by atoms with Gasteiger partial charge in [-0.2, -0.15) is 11.8 Å². The Hall–Kier alpha value is 0.270. The zero-order valence-corrected chi connectivity index (χ0v) is 9.15. The van der Waals surface area contributed by atoms with Gasteiger partial charge in [0.2, 0.25) is 0 Å². The smallest absolute Gasteiger partial charge is 0.0615 e. The third-order valence-corrected chi connectivity index (χ3v) is 4.59. The van der Waals surface area contributed by atoms with E-state index in [1.165, 1.54) is 38.1 Å². The normalized spacial score (nSPS) is 39.7. The Balaban J connectivity index is 2.00. The van der Waals surface area contributed by atoms with Gasteiger partial charge in [-0.15, -0.1) is 0 Å². The summed E-state index contributed by atoms with van der Waals surface area (Å²) in [7, 11) is 0. The summed E-state index contributed by atoms with van der Waals surface area (Å²) in [5.41, 5.74) is 0.187. The van der Waals surface area contributed by atoms with E-state index in [1.807, 2.05) is 0 Å². The van der Waals surface area contributed by atoms with Crippen LogP contribution in [0, 0.1) is 0 Å². The molecule has 2 rings (SSSR count). The second-order valence-electron chi connectivity index (χ2n) is 4.21. The van der Waals surface area contributed by atoms with E-state index in [-0.39, 0.29) is 5.54 Å². The number of aliphatic hydroxyl groups excluding tert-OH is 1. The fourth-order valence-electron chi connectivity index (χ4n) is 2.84. The maximum absolute atomic E-state index is 9.46. The van der Waals surface area contributed by atoms with Crippen LogP contribution < -0.4 is 0 Å². The standard InChI is InChI=1S/C10H19NOS/c1-2-13-9-6-10(8-12)4-3-5-11(10)7-9/h9,12H,2-8H2,1H3/t9-,10+/m1/s1. The first-order valence-electron chi connectivity index (χ1n) is 5.28. The molecule has 13 heavy (non-hydrogen) atoms. The number of hydrogen-bond acceptors (Lipinski definition) is 3. The van der Waals surface area contributed by atoms with Crippen LogP contribution in [0.1, 0.15) is 26.2 Å². The fourth-order valence-corrected chi connectivity index (χ4v) is 4.02. The third kappa shape index (κ3) is 1.62. The van der Waals surface area contributed by atoms with Crippen molar-refractivity contribution >= 4 is 11.8 Å². The van der Waals surface area contributed by atoms with E-state index in [4.69, 9.17) is 0 Å². The Morgan fingerprint density at radius 3 is 3.08 bits per heavy atom. The van der Waals surface area contributed by atoms with Gasteiger partial charge in [-0.05, 0) is 31.6 Å². The average molecular weight is 201 g/mol. The van der Waals surface area contributed by atoms with E-state index >= 15 is 0 Å². The van der Waals surface area contributed by atoms with Crippen molar-refractivity contribution in [3.8, 4) is 0 Å². The van der Waals surface area contributed by atoms with Gasteiger partial charge >= 0.3 is 0 Å². The quantitative estimate of drug-likeness (QED) is 0.745. The molecule has 2 fully saturated rings. The number of fused-ring (bicyclic) bond motifs is 1. The predicted octanol–water partition coefficient (Wildman–Crippen LogP) is 1.34. The molecule has 2 heterocycles. The Bertz CT molecular complexity index is 188. The van der Waals surface area contributed by atoms with Gasteiger partial charge in [0.25, 0.3) is 0 Å². The SMILES string of the molecule is CCS[C@H]1CN2CCC[C@@]2(CO)C1. The van der Waals surface area contributed by atoms with Crippen LogP contribution in [-0.2, 0) is 0 Å². The van der Waals surface area contributed by atoms with Gasteiger partial charge in [0.1, 0.15) is 0 Å². The van der Waals surface area contributed by atoms with E-state index < -0.39 is 0 Å². The molecule has 0 aromatic rings. The molecule has 2 aliphatic heterocycles. The van der Waals surface area contributed by atoms with E-state index in [1.54, 1.807) is 0 Å². The molecule has 0 unspecified atom stereocenters. The van der Waals surface area contributed by atoms with Gasteiger partial charge < -0.3 is 5.11 Å². The summed E-state index contributed by atoms with van der Waals surface area (Å²) in [4.78, 5) is 2.51. The number of aliphatic hydroxyl groups is 1. The van der Waals surface area contributed by atoms with Crippen molar-refractivity contribution in [2.24, 2.45) is 0 Å². The molecule has 2 saturated heterocycles. The number of hydrogen-bond donors (Lipinski definition) is 1. The molecule has 2 aliphatic rings. The average Bonchev–Trinajstić information content (AvgIpc) is 2.61. The lowest BCUT2D eigenvalue weighted by atomic mass is 9.95. The summed E-state index contributed by atoms with van der Waals surface area (Å²) >= 11 is 2.06. The molecule has 2 nitrogen and oxygen atoms in total. The summed E-state index contributed by atoms with van der Waals surface area (Å²) in [6, 6.07) is 0. The maximum Gasteiger partial charge on any atom is 0.0615 e. The van der Waals surface area contributed by atoms with Gasteiger partial charge in [0, 0.05) is 17.3 Å². The highest BCUT2D eigenvalue weighted by atomic mass is 32.2. The molecule has 0 bridgehead atoms.